The Morgan fingerprint density at radius 1 is 1.27 bits per heavy atom. The fraction of sp³-hybridized carbons (Fsp3) is 0.154. The highest BCUT2D eigenvalue weighted by Crippen LogP contribution is 2.28. The third kappa shape index (κ3) is 3.95. The maximum absolute atomic E-state index is 14.0. The average Bonchev–Trinajstić information content (AvgIpc) is 2.49. The van der Waals surface area contributed by atoms with Crippen LogP contribution in [0, 0.1) is 5.82 Å². The summed E-state index contributed by atoms with van der Waals surface area (Å²) in [6, 6.07) is 2.09. The molecule has 1 aromatic carbocycles. The first-order valence-corrected chi connectivity index (χ1v) is 6.05. The topological polar surface area (TPSA) is 102 Å². The van der Waals surface area contributed by atoms with E-state index in [0.29, 0.717) is 6.08 Å². The Balaban J connectivity index is 3.38. The minimum absolute atomic E-state index is 0.366. The number of benzene rings is 1. The number of hydrogen-bond acceptors (Lipinski definition) is 6. The normalized spacial score (nSPS) is 10.8. The van der Waals surface area contributed by atoms with Crippen molar-refractivity contribution >= 4 is 35.2 Å². The van der Waals surface area contributed by atoms with E-state index in [1.807, 2.05) is 0 Å². The van der Waals surface area contributed by atoms with E-state index in [9.17, 15) is 18.8 Å². The summed E-state index contributed by atoms with van der Waals surface area (Å²) in [7, 11) is 2.10. The summed E-state index contributed by atoms with van der Waals surface area (Å²) in [6.07, 6.45) is 0.692. The maximum atomic E-state index is 14.0. The molecule has 2 N–H and O–H groups in total. The molecule has 0 aromatic heterocycles. The molecular weight excluding hydrogens is 321 g/mol. The van der Waals surface area contributed by atoms with E-state index in [0.717, 1.165) is 26.4 Å². The van der Waals surface area contributed by atoms with Gasteiger partial charge in [0.2, 0.25) is 0 Å². The Kier molecular flexibility index (Phi) is 5.88. The van der Waals surface area contributed by atoms with Gasteiger partial charge in [0, 0.05) is 0 Å². The lowest BCUT2D eigenvalue weighted by Gasteiger charge is -2.13. The molecule has 0 saturated carbocycles. The average molecular weight is 332 g/mol. The van der Waals surface area contributed by atoms with Crippen LogP contribution in [0.2, 0.25) is 5.02 Å². The highest BCUT2D eigenvalue weighted by atomic mass is 35.5. The number of carbonyl (C=O) groups excluding carboxylic acids is 2. The van der Waals surface area contributed by atoms with Crippen molar-refractivity contribution in [2.24, 2.45) is 0 Å². The molecule has 0 aliphatic carbocycles. The van der Waals surface area contributed by atoms with Crippen LogP contribution in [-0.2, 0) is 19.1 Å². The second kappa shape index (κ2) is 7.41. The maximum Gasteiger partial charge on any atom is 0.354 e. The minimum Gasteiger partial charge on any atom is -0.478 e. The molecule has 0 heterocycles. The van der Waals surface area contributed by atoms with Gasteiger partial charge >= 0.3 is 17.9 Å². The molecular formula is C13H11ClFNO6. The van der Waals surface area contributed by atoms with Crippen molar-refractivity contribution in [1.82, 2.24) is 0 Å². The van der Waals surface area contributed by atoms with E-state index in [-0.39, 0.29) is 5.02 Å². The summed E-state index contributed by atoms with van der Waals surface area (Å²) in [5.74, 6) is -4.50. The van der Waals surface area contributed by atoms with E-state index in [1.165, 1.54) is 0 Å². The Morgan fingerprint density at radius 3 is 2.41 bits per heavy atom. The zero-order valence-corrected chi connectivity index (χ0v) is 12.2. The molecule has 0 radical (unpaired) electrons. The first-order valence-electron chi connectivity index (χ1n) is 5.68. The molecule has 22 heavy (non-hydrogen) atoms. The van der Waals surface area contributed by atoms with Gasteiger partial charge < -0.3 is 19.9 Å². The van der Waals surface area contributed by atoms with Crippen molar-refractivity contribution in [3.63, 3.8) is 0 Å². The van der Waals surface area contributed by atoms with Crippen molar-refractivity contribution in [2.75, 3.05) is 19.5 Å². The number of esters is 2. The second-order valence-corrected chi connectivity index (χ2v) is 4.19. The summed E-state index contributed by atoms with van der Waals surface area (Å²) < 4.78 is 22.8. The molecule has 0 aliphatic heterocycles. The third-order valence-electron chi connectivity index (χ3n) is 2.45. The monoisotopic (exact) mass is 331 g/mol. The van der Waals surface area contributed by atoms with Crippen LogP contribution in [0.4, 0.5) is 10.1 Å². The first-order chi connectivity index (χ1) is 10.3. The lowest BCUT2D eigenvalue weighted by molar-refractivity contribution is -0.138. The predicted molar refractivity (Wildman–Crippen MR) is 74.1 cm³/mol. The van der Waals surface area contributed by atoms with Crippen molar-refractivity contribution < 1.29 is 33.4 Å². The van der Waals surface area contributed by atoms with Gasteiger partial charge in [-0.05, 0) is 12.1 Å². The third-order valence-corrected chi connectivity index (χ3v) is 2.75. The quantitative estimate of drug-likeness (QED) is 0.626. The van der Waals surface area contributed by atoms with Gasteiger partial charge in [0.1, 0.15) is 5.70 Å². The lowest BCUT2D eigenvalue weighted by Crippen LogP contribution is -2.18. The van der Waals surface area contributed by atoms with E-state index < -0.39 is 40.7 Å². The molecule has 0 amide bonds. The van der Waals surface area contributed by atoms with E-state index in [1.54, 1.807) is 0 Å². The fourth-order valence-electron chi connectivity index (χ4n) is 1.42. The van der Waals surface area contributed by atoms with Crippen molar-refractivity contribution in [2.45, 2.75) is 0 Å². The van der Waals surface area contributed by atoms with Crippen LogP contribution in [0.5, 0.6) is 0 Å². The van der Waals surface area contributed by atoms with Crippen LogP contribution in [0.3, 0.4) is 0 Å². The van der Waals surface area contributed by atoms with Crippen molar-refractivity contribution in [3.05, 3.63) is 40.3 Å². The number of nitrogens with one attached hydrogen (secondary N) is 1. The zero-order valence-electron chi connectivity index (χ0n) is 11.5. The molecule has 0 unspecified atom stereocenters. The Labute approximate surface area is 129 Å². The Bertz CT molecular complexity index is 658. The lowest BCUT2D eigenvalue weighted by atomic mass is 10.1. The van der Waals surface area contributed by atoms with Gasteiger partial charge in [0.05, 0.1) is 36.6 Å². The van der Waals surface area contributed by atoms with Crippen molar-refractivity contribution in [3.8, 4) is 0 Å². The standard InChI is InChI=1S/C13H11ClFNO6/c1-21-9(17)5-8(13(20)22-2)16-11-6(12(18)19)3-4-7(14)10(11)15/h3-5,16H,1-2H3,(H,18,19)/b8-5+. The van der Waals surface area contributed by atoms with Gasteiger partial charge in [-0.25, -0.2) is 18.8 Å². The molecule has 1 rings (SSSR count). The largest absolute Gasteiger partial charge is 0.478 e. The summed E-state index contributed by atoms with van der Waals surface area (Å²) in [4.78, 5) is 33.9. The zero-order chi connectivity index (χ0) is 16.9. The Morgan fingerprint density at radius 2 is 1.91 bits per heavy atom. The van der Waals surface area contributed by atoms with Gasteiger partial charge in [-0.1, -0.05) is 11.6 Å². The van der Waals surface area contributed by atoms with Gasteiger partial charge in [-0.15, -0.1) is 0 Å². The van der Waals surface area contributed by atoms with E-state index >= 15 is 0 Å². The van der Waals surface area contributed by atoms with E-state index in [4.69, 9.17) is 16.7 Å². The second-order valence-electron chi connectivity index (χ2n) is 3.79. The smallest absolute Gasteiger partial charge is 0.354 e. The van der Waals surface area contributed by atoms with Gasteiger partial charge in [0.15, 0.2) is 5.82 Å². The summed E-state index contributed by atoms with van der Waals surface area (Å²) in [5.41, 5.74) is -1.58. The SMILES string of the molecule is COC(=O)/C=C(/Nc1c(C(=O)O)ccc(Cl)c1F)C(=O)OC. The number of carbonyl (C=O) groups is 3. The van der Waals surface area contributed by atoms with Crippen molar-refractivity contribution in [1.29, 1.82) is 0 Å². The number of aromatic carboxylic acids is 1. The molecule has 0 spiro atoms. The fourth-order valence-corrected chi connectivity index (χ4v) is 1.58. The minimum atomic E-state index is -1.46. The number of carboxylic acids is 1. The number of rotatable bonds is 5. The first kappa shape index (κ1) is 17.4. The summed E-state index contributed by atoms with van der Waals surface area (Å²) in [5, 5.41) is 10.9. The summed E-state index contributed by atoms with van der Waals surface area (Å²) in [6.45, 7) is 0. The van der Waals surface area contributed by atoms with Crippen LogP contribution < -0.4 is 5.32 Å². The van der Waals surface area contributed by atoms with Gasteiger partial charge in [-0.2, -0.15) is 0 Å². The molecule has 118 valence electrons. The molecule has 9 heteroatoms. The van der Waals surface area contributed by atoms with Crippen LogP contribution in [0.25, 0.3) is 0 Å². The van der Waals surface area contributed by atoms with Gasteiger partial charge in [0.25, 0.3) is 0 Å². The molecule has 0 fully saturated rings. The Hall–Kier alpha value is -2.61. The highest BCUT2D eigenvalue weighted by molar-refractivity contribution is 6.31. The van der Waals surface area contributed by atoms with Crippen LogP contribution >= 0.6 is 11.6 Å². The summed E-state index contributed by atoms with van der Waals surface area (Å²) >= 11 is 5.59. The predicted octanol–water partition coefficient (Wildman–Crippen LogP) is 1.82. The molecule has 0 bridgehead atoms. The number of hydrogen-bond donors (Lipinski definition) is 2. The molecule has 1 aromatic rings. The molecule has 0 atom stereocenters. The van der Waals surface area contributed by atoms with Crippen LogP contribution in [-0.4, -0.2) is 37.2 Å². The highest BCUT2D eigenvalue weighted by Gasteiger charge is 2.21. The molecule has 7 nitrogen and oxygen atoms in total. The molecule has 0 saturated heterocycles. The number of carboxylic acid groups (broad SMARTS) is 1. The van der Waals surface area contributed by atoms with Crippen LogP contribution in [0.1, 0.15) is 10.4 Å². The number of halogens is 2. The van der Waals surface area contributed by atoms with Crippen LogP contribution in [0.15, 0.2) is 23.9 Å². The number of methoxy groups -OCH3 is 2. The molecule has 0 aliphatic rings. The van der Waals surface area contributed by atoms with Gasteiger partial charge in [-0.3, -0.25) is 0 Å². The number of anilines is 1. The number of ether oxygens (including phenoxy) is 2. The van der Waals surface area contributed by atoms with E-state index in [2.05, 4.69) is 14.8 Å².